The highest BCUT2D eigenvalue weighted by Gasteiger charge is 2.48. The van der Waals surface area contributed by atoms with Gasteiger partial charge < -0.3 is 14.3 Å². The minimum Gasteiger partial charge on any atom is -0.447 e. The van der Waals surface area contributed by atoms with Gasteiger partial charge in [-0.15, -0.1) is 0 Å². The van der Waals surface area contributed by atoms with Crippen LogP contribution in [0.3, 0.4) is 0 Å². The van der Waals surface area contributed by atoms with Crippen LogP contribution in [0.15, 0.2) is 60.7 Å². The summed E-state index contributed by atoms with van der Waals surface area (Å²) in [5, 5.41) is 11.5. The lowest BCUT2D eigenvalue weighted by Gasteiger charge is -2.41. The number of carbonyl (C=O) groups excluding carboxylic acids is 2. The van der Waals surface area contributed by atoms with Crippen molar-refractivity contribution in [1.82, 2.24) is 4.90 Å². The molecule has 7 heteroatoms. The molecule has 0 aliphatic carbocycles. The van der Waals surface area contributed by atoms with E-state index in [-0.39, 0.29) is 23.5 Å². The molecule has 0 aromatic heterocycles. The Bertz CT molecular complexity index is 1010. The molecule has 1 heterocycles. The van der Waals surface area contributed by atoms with Gasteiger partial charge in [-0.2, -0.15) is 0 Å². The lowest BCUT2D eigenvalue weighted by molar-refractivity contribution is -0.140. The minimum absolute atomic E-state index is 0.0354. The zero-order valence-corrected chi connectivity index (χ0v) is 25.0. The van der Waals surface area contributed by atoms with E-state index in [0.717, 1.165) is 24.0 Å². The van der Waals surface area contributed by atoms with Gasteiger partial charge in [0.15, 0.2) is 8.32 Å². The Morgan fingerprint density at radius 3 is 2.08 bits per heavy atom. The number of rotatable bonds is 11. The highest BCUT2D eigenvalue weighted by Crippen LogP contribution is 2.39. The van der Waals surface area contributed by atoms with Gasteiger partial charge >= 0.3 is 6.09 Å². The van der Waals surface area contributed by atoms with Gasteiger partial charge in [-0.05, 0) is 42.6 Å². The molecule has 4 atom stereocenters. The summed E-state index contributed by atoms with van der Waals surface area (Å²) in [5.41, 5.74) is 2.00. The van der Waals surface area contributed by atoms with E-state index in [1.54, 1.807) is 0 Å². The summed E-state index contributed by atoms with van der Waals surface area (Å²) in [6, 6.07) is 19.3. The molecule has 1 N–H and O–H groups in total. The third-order valence-corrected chi connectivity index (χ3v) is 12.8. The molecule has 3 rings (SSSR count). The Morgan fingerprint density at radius 2 is 1.61 bits per heavy atom. The van der Waals surface area contributed by atoms with E-state index >= 15 is 0 Å². The van der Waals surface area contributed by atoms with E-state index in [0.29, 0.717) is 6.42 Å². The van der Waals surface area contributed by atoms with Crippen molar-refractivity contribution >= 4 is 20.3 Å². The number of hydrogen-bond acceptors (Lipinski definition) is 5. The number of ether oxygens (including phenoxy) is 1. The van der Waals surface area contributed by atoms with Gasteiger partial charge in [0.1, 0.15) is 6.61 Å². The van der Waals surface area contributed by atoms with Crippen LogP contribution in [0.5, 0.6) is 0 Å². The number of unbranched alkanes of at least 4 members (excludes halogenated alkanes) is 1. The molecular formula is C31H45NO5Si. The van der Waals surface area contributed by atoms with E-state index in [9.17, 15) is 14.7 Å². The normalized spacial score (nSPS) is 18.8. The van der Waals surface area contributed by atoms with Crippen molar-refractivity contribution in [2.45, 2.75) is 96.2 Å². The molecule has 2 aromatic carbocycles. The Morgan fingerprint density at radius 1 is 1.08 bits per heavy atom. The lowest BCUT2D eigenvalue weighted by atomic mass is 9.84. The average Bonchev–Trinajstić information content (AvgIpc) is 3.25. The fourth-order valence-electron chi connectivity index (χ4n) is 4.97. The number of benzene rings is 2. The predicted molar refractivity (Wildman–Crippen MR) is 153 cm³/mol. The van der Waals surface area contributed by atoms with Gasteiger partial charge in [0, 0.05) is 5.92 Å². The van der Waals surface area contributed by atoms with E-state index in [4.69, 9.17) is 9.16 Å². The van der Waals surface area contributed by atoms with Crippen LogP contribution in [0.1, 0.15) is 70.9 Å². The molecule has 1 aliphatic rings. The van der Waals surface area contributed by atoms with Crippen LogP contribution >= 0.6 is 0 Å². The molecule has 2 amide bonds. The monoisotopic (exact) mass is 539 g/mol. The Hall–Kier alpha value is -2.48. The van der Waals surface area contributed by atoms with Crippen molar-refractivity contribution in [3.05, 3.63) is 71.8 Å². The Kier molecular flexibility index (Phi) is 9.95. The SMILES string of the molecule is CCCC[C@@H](C(=O)N1C(=O)OC[C@H]1C(c1ccccc1)c1ccccc1)[C@@H](O)[C@H](C)O[Si](C)(C)C(C)(C)C. The molecule has 0 bridgehead atoms. The van der Waals surface area contributed by atoms with E-state index < -0.39 is 38.6 Å². The molecule has 208 valence electrons. The van der Waals surface area contributed by atoms with E-state index in [1.807, 2.05) is 67.6 Å². The summed E-state index contributed by atoms with van der Waals surface area (Å²) >= 11 is 0. The van der Waals surface area contributed by atoms with Gasteiger partial charge in [0.05, 0.1) is 24.2 Å². The molecule has 2 aromatic rings. The maximum Gasteiger partial charge on any atom is 0.417 e. The van der Waals surface area contributed by atoms with Crippen molar-refractivity contribution in [2.24, 2.45) is 5.92 Å². The Labute approximate surface area is 229 Å². The van der Waals surface area contributed by atoms with Gasteiger partial charge in [-0.1, -0.05) is 101 Å². The van der Waals surface area contributed by atoms with Crippen LogP contribution in [0, 0.1) is 5.92 Å². The summed E-state index contributed by atoms with van der Waals surface area (Å²) < 4.78 is 12.0. The van der Waals surface area contributed by atoms with Crippen LogP contribution in [0.2, 0.25) is 18.1 Å². The van der Waals surface area contributed by atoms with Crippen molar-refractivity contribution in [3.63, 3.8) is 0 Å². The second kappa shape index (κ2) is 12.6. The molecule has 0 spiro atoms. The number of imide groups is 1. The number of aliphatic hydroxyl groups excluding tert-OH is 1. The molecule has 0 saturated carbocycles. The van der Waals surface area contributed by atoms with E-state index in [1.165, 1.54) is 4.90 Å². The van der Waals surface area contributed by atoms with Gasteiger partial charge in [-0.25, -0.2) is 9.69 Å². The first kappa shape index (κ1) is 30.1. The maximum atomic E-state index is 14.2. The molecule has 0 unspecified atom stereocenters. The zero-order valence-electron chi connectivity index (χ0n) is 24.0. The quantitative estimate of drug-likeness (QED) is 0.320. The van der Waals surface area contributed by atoms with Crippen molar-refractivity contribution in [2.75, 3.05) is 6.61 Å². The lowest BCUT2D eigenvalue weighted by Crippen LogP contribution is -2.52. The number of hydrogen-bond donors (Lipinski definition) is 1. The summed E-state index contributed by atoms with van der Waals surface area (Å²) in [4.78, 5) is 28.5. The third kappa shape index (κ3) is 6.74. The number of aliphatic hydroxyl groups is 1. The third-order valence-electron chi connectivity index (χ3n) is 8.21. The molecule has 38 heavy (non-hydrogen) atoms. The van der Waals surface area contributed by atoms with Crippen molar-refractivity contribution in [1.29, 1.82) is 0 Å². The zero-order chi connectivity index (χ0) is 28.1. The molecule has 0 radical (unpaired) electrons. The molecular weight excluding hydrogens is 494 g/mol. The molecule has 1 fully saturated rings. The smallest absolute Gasteiger partial charge is 0.417 e. The van der Waals surface area contributed by atoms with Gasteiger partial charge in [0.2, 0.25) is 5.91 Å². The Balaban J connectivity index is 1.96. The molecule has 1 aliphatic heterocycles. The average molecular weight is 540 g/mol. The first-order chi connectivity index (χ1) is 17.9. The van der Waals surface area contributed by atoms with Crippen LogP contribution < -0.4 is 0 Å². The minimum atomic E-state index is -2.18. The second-order valence-corrected chi connectivity index (χ2v) is 16.7. The maximum absolute atomic E-state index is 14.2. The first-order valence-corrected chi connectivity index (χ1v) is 16.8. The standard InChI is InChI=1S/C31H45NO5Si/c1-8-9-20-25(28(33)22(2)37-38(6,7)31(3,4)5)29(34)32-26(21-36-30(32)35)27(23-16-12-10-13-17-23)24-18-14-11-15-19-24/h10-19,22,25-28,33H,8-9,20-21H2,1-7H3/t22-,25+,26-,28-/m0/s1. The summed E-state index contributed by atoms with van der Waals surface area (Å²) in [5.74, 6) is -1.41. The predicted octanol–water partition coefficient (Wildman–Crippen LogP) is 6.74. The molecule has 6 nitrogen and oxygen atoms in total. The van der Waals surface area contributed by atoms with Crippen LogP contribution in [0.25, 0.3) is 0 Å². The highest BCUT2D eigenvalue weighted by atomic mass is 28.4. The van der Waals surface area contributed by atoms with Crippen molar-refractivity contribution < 1.29 is 23.9 Å². The van der Waals surface area contributed by atoms with Crippen LogP contribution in [-0.2, 0) is 14.0 Å². The number of amides is 2. The topological polar surface area (TPSA) is 76.1 Å². The van der Waals surface area contributed by atoms with Gasteiger partial charge in [0.25, 0.3) is 0 Å². The first-order valence-electron chi connectivity index (χ1n) is 13.8. The fraction of sp³-hybridized carbons (Fsp3) is 0.548. The van der Waals surface area contributed by atoms with Crippen LogP contribution in [-0.4, -0.2) is 55.2 Å². The highest BCUT2D eigenvalue weighted by molar-refractivity contribution is 6.74. The summed E-state index contributed by atoms with van der Waals surface area (Å²) in [7, 11) is -2.18. The molecule has 1 saturated heterocycles. The number of carbonyl (C=O) groups is 2. The largest absolute Gasteiger partial charge is 0.447 e. The van der Waals surface area contributed by atoms with Gasteiger partial charge in [-0.3, -0.25) is 4.79 Å². The number of nitrogens with zero attached hydrogens (tertiary/aromatic N) is 1. The van der Waals surface area contributed by atoms with E-state index in [2.05, 4.69) is 40.8 Å². The number of cyclic esters (lactones) is 1. The summed E-state index contributed by atoms with van der Waals surface area (Å²) in [6.07, 6.45) is -0.127. The van der Waals surface area contributed by atoms with Crippen LogP contribution in [0.4, 0.5) is 4.79 Å². The van der Waals surface area contributed by atoms with Crippen molar-refractivity contribution in [3.8, 4) is 0 Å². The summed E-state index contributed by atoms with van der Waals surface area (Å²) in [6.45, 7) is 14.7. The second-order valence-electron chi connectivity index (χ2n) is 12.0. The fourth-order valence-corrected chi connectivity index (χ4v) is 6.40.